The molecule has 0 spiro atoms. The van der Waals surface area contributed by atoms with Crippen LogP contribution >= 0.6 is 12.4 Å². The van der Waals surface area contributed by atoms with Crippen molar-refractivity contribution < 1.29 is 23.1 Å². The summed E-state index contributed by atoms with van der Waals surface area (Å²) < 4.78 is 44.6. The molecule has 11 heteroatoms. The molecule has 7 nitrogen and oxygen atoms in total. The summed E-state index contributed by atoms with van der Waals surface area (Å²) in [7, 11) is 0. The molecule has 2 aromatic heterocycles. The summed E-state index contributed by atoms with van der Waals surface area (Å²) in [6, 6.07) is 3.69. The second-order valence-electron chi connectivity index (χ2n) is 9.66. The zero-order valence-electron chi connectivity index (χ0n) is 18.8. The van der Waals surface area contributed by atoms with E-state index in [4.69, 9.17) is 5.73 Å². The van der Waals surface area contributed by atoms with Crippen LogP contribution in [0, 0.1) is 35.2 Å². The first-order chi connectivity index (χ1) is 16.7. The van der Waals surface area contributed by atoms with Crippen molar-refractivity contribution in [2.24, 2.45) is 23.5 Å². The van der Waals surface area contributed by atoms with Crippen molar-refractivity contribution in [3.8, 4) is 5.69 Å². The molecule has 4 unspecified atom stereocenters. The predicted octanol–water partition coefficient (Wildman–Crippen LogP) is 3.65. The van der Waals surface area contributed by atoms with E-state index in [1.165, 1.54) is 0 Å². The monoisotopic (exact) mass is 518 g/mol. The molecule has 36 heavy (non-hydrogen) atoms. The highest BCUT2D eigenvalue weighted by Crippen LogP contribution is 2.50. The smallest absolute Gasteiger partial charge is 0.341 e. The van der Waals surface area contributed by atoms with Gasteiger partial charge in [0.15, 0.2) is 17.3 Å². The van der Waals surface area contributed by atoms with E-state index in [1.54, 1.807) is 4.90 Å². The van der Waals surface area contributed by atoms with Crippen LogP contribution in [0.25, 0.3) is 16.7 Å². The average molecular weight is 519 g/mol. The molecule has 1 saturated heterocycles. The van der Waals surface area contributed by atoms with Crippen LogP contribution in [0.15, 0.2) is 47.4 Å². The molecule has 3 aromatic rings. The molecule has 2 fully saturated rings. The van der Waals surface area contributed by atoms with Gasteiger partial charge in [-0.25, -0.2) is 22.9 Å². The Labute approximate surface area is 209 Å². The highest BCUT2D eigenvalue weighted by Gasteiger charge is 2.52. The van der Waals surface area contributed by atoms with Gasteiger partial charge in [0.05, 0.1) is 11.1 Å². The maximum atomic E-state index is 15.4. The summed E-state index contributed by atoms with van der Waals surface area (Å²) in [6.07, 6.45) is 6.95. The minimum absolute atomic E-state index is 0. The number of allylic oxidation sites excluding steroid dienone is 1. The fourth-order valence-corrected chi connectivity index (χ4v) is 6.02. The van der Waals surface area contributed by atoms with Crippen molar-refractivity contribution in [2.75, 3.05) is 18.0 Å². The van der Waals surface area contributed by atoms with Crippen molar-refractivity contribution in [1.82, 2.24) is 9.55 Å². The van der Waals surface area contributed by atoms with Gasteiger partial charge in [-0.15, -0.1) is 12.4 Å². The molecule has 4 atom stereocenters. The molecule has 1 aliphatic heterocycles. The lowest BCUT2D eigenvalue weighted by Crippen LogP contribution is -2.55. The Kier molecular flexibility index (Phi) is 5.64. The summed E-state index contributed by atoms with van der Waals surface area (Å²) >= 11 is 0. The number of halogens is 4. The molecule has 188 valence electrons. The van der Waals surface area contributed by atoms with Crippen LogP contribution in [0.3, 0.4) is 0 Å². The van der Waals surface area contributed by atoms with Crippen molar-refractivity contribution >= 4 is 35.2 Å². The Morgan fingerprint density at radius 1 is 1.17 bits per heavy atom. The van der Waals surface area contributed by atoms with Crippen LogP contribution in [0.4, 0.5) is 19.0 Å². The standard InChI is InChI=1S/C25H21F3N4O3.ClH/c26-13-1-2-20(18(27)7-13)32-10-16(24(34)35)21(33)14-8-19(28)23(30-22(14)32)31-9-15-12-3-5-25(29,6-4-12)17(15)11-31;/h1-3,5,7-8,10,12,15,17H,4,6,9,11,29H2,(H,34,35);1H. The van der Waals surface area contributed by atoms with Gasteiger partial charge in [-0.2, -0.15) is 0 Å². The molecule has 2 bridgehead atoms. The van der Waals surface area contributed by atoms with Crippen LogP contribution in [0.1, 0.15) is 23.2 Å². The van der Waals surface area contributed by atoms with E-state index in [2.05, 4.69) is 17.1 Å². The van der Waals surface area contributed by atoms with E-state index in [0.717, 1.165) is 41.8 Å². The number of carboxylic acids is 1. The minimum Gasteiger partial charge on any atom is -0.477 e. The first kappa shape index (κ1) is 24.3. The fourth-order valence-electron chi connectivity index (χ4n) is 6.02. The molecule has 3 N–H and O–H groups in total. The predicted molar refractivity (Wildman–Crippen MR) is 129 cm³/mol. The number of aromatic carboxylic acids is 1. The molecule has 1 aromatic carbocycles. The van der Waals surface area contributed by atoms with E-state index in [-0.39, 0.29) is 46.8 Å². The molecule has 1 saturated carbocycles. The second kappa shape index (κ2) is 8.35. The molecule has 0 radical (unpaired) electrons. The van der Waals surface area contributed by atoms with Gasteiger partial charge < -0.3 is 15.7 Å². The molecular formula is C25H22ClF3N4O3. The van der Waals surface area contributed by atoms with Gasteiger partial charge in [0.1, 0.15) is 17.2 Å². The van der Waals surface area contributed by atoms with Crippen molar-refractivity contribution in [3.63, 3.8) is 0 Å². The second-order valence-corrected chi connectivity index (χ2v) is 9.66. The lowest BCUT2D eigenvalue weighted by Gasteiger charge is -2.47. The number of hydrogen-bond acceptors (Lipinski definition) is 5. The van der Waals surface area contributed by atoms with Crippen LogP contribution in [0.5, 0.6) is 0 Å². The highest BCUT2D eigenvalue weighted by atomic mass is 35.5. The molecule has 0 amide bonds. The molecule has 7 rings (SSSR count). The van der Waals surface area contributed by atoms with Crippen molar-refractivity contribution in [1.29, 1.82) is 0 Å². The van der Waals surface area contributed by atoms with Gasteiger partial charge in [0.25, 0.3) is 0 Å². The van der Waals surface area contributed by atoms with Crippen molar-refractivity contribution in [2.45, 2.75) is 18.4 Å². The summed E-state index contributed by atoms with van der Waals surface area (Å²) in [5, 5.41) is 9.18. The van der Waals surface area contributed by atoms with Crippen LogP contribution in [-0.4, -0.2) is 39.3 Å². The Balaban J connectivity index is 0.00000267. The topological polar surface area (TPSA) is 101 Å². The SMILES string of the molecule is Cl.NC12C=CC(CC1)C1CN(c3nc4c(cc3F)c(=O)c(C(=O)O)cn4-c3ccc(F)cc3F)CC12. The maximum absolute atomic E-state index is 15.4. The number of fused-ring (bicyclic) bond motifs is 2. The largest absolute Gasteiger partial charge is 0.477 e. The lowest BCUT2D eigenvalue weighted by atomic mass is 9.60. The Hall–Kier alpha value is -3.37. The number of carboxylic acid groups (broad SMARTS) is 1. The van der Waals surface area contributed by atoms with E-state index in [1.807, 2.05) is 0 Å². The first-order valence-electron chi connectivity index (χ1n) is 11.3. The van der Waals surface area contributed by atoms with Crippen molar-refractivity contribution in [3.05, 3.63) is 75.9 Å². The van der Waals surface area contributed by atoms with Gasteiger partial charge in [0, 0.05) is 36.8 Å². The summed E-state index contributed by atoms with van der Waals surface area (Å²) in [5.41, 5.74) is 4.21. The summed E-state index contributed by atoms with van der Waals surface area (Å²) in [5.74, 6) is -3.47. The Morgan fingerprint density at radius 3 is 2.58 bits per heavy atom. The average Bonchev–Trinajstić information content (AvgIpc) is 3.28. The van der Waals surface area contributed by atoms with E-state index in [9.17, 15) is 23.5 Å². The highest BCUT2D eigenvalue weighted by molar-refractivity contribution is 5.92. The number of carbonyl (C=O) groups is 1. The zero-order valence-corrected chi connectivity index (χ0v) is 19.6. The van der Waals surface area contributed by atoms with E-state index >= 15 is 4.39 Å². The number of rotatable bonds is 3. The number of aromatic nitrogens is 2. The van der Waals surface area contributed by atoms with E-state index in [0.29, 0.717) is 25.1 Å². The third-order valence-corrected chi connectivity index (χ3v) is 7.78. The maximum Gasteiger partial charge on any atom is 0.341 e. The summed E-state index contributed by atoms with van der Waals surface area (Å²) in [6.45, 7) is 0.996. The number of hydrogen-bond donors (Lipinski definition) is 2. The minimum atomic E-state index is -1.56. The van der Waals surface area contributed by atoms with Crippen LogP contribution in [0.2, 0.25) is 0 Å². The van der Waals surface area contributed by atoms with Gasteiger partial charge >= 0.3 is 5.97 Å². The zero-order chi connectivity index (χ0) is 24.6. The quantitative estimate of drug-likeness (QED) is 0.513. The summed E-state index contributed by atoms with van der Waals surface area (Å²) in [4.78, 5) is 30.7. The molecule has 4 aliphatic rings. The molecule has 3 aliphatic carbocycles. The first-order valence-corrected chi connectivity index (χ1v) is 11.3. The van der Waals surface area contributed by atoms with Crippen LogP contribution in [-0.2, 0) is 0 Å². The fraction of sp³-hybridized carbons (Fsp3) is 0.320. The normalized spacial score (nSPS) is 26.2. The van der Waals surface area contributed by atoms with E-state index < -0.39 is 40.0 Å². The van der Waals surface area contributed by atoms with Gasteiger partial charge in [0.2, 0.25) is 5.43 Å². The van der Waals surface area contributed by atoms with Gasteiger partial charge in [-0.1, -0.05) is 12.2 Å². The van der Waals surface area contributed by atoms with Gasteiger partial charge in [-0.05, 0) is 42.9 Å². The number of nitrogens with zero attached hydrogens (tertiary/aromatic N) is 3. The third kappa shape index (κ3) is 3.50. The number of benzene rings is 1. The molecule has 3 heterocycles. The number of pyridine rings is 2. The Bertz CT molecular complexity index is 1510. The lowest BCUT2D eigenvalue weighted by molar-refractivity contribution is 0.0695. The number of anilines is 1. The molecular weight excluding hydrogens is 497 g/mol. The third-order valence-electron chi connectivity index (χ3n) is 7.78. The van der Waals surface area contributed by atoms with Crippen LogP contribution < -0.4 is 16.1 Å². The number of nitrogens with two attached hydrogens (primary N) is 1. The van der Waals surface area contributed by atoms with Gasteiger partial charge in [-0.3, -0.25) is 9.36 Å². The Morgan fingerprint density at radius 2 is 1.94 bits per heavy atom.